The molecule has 148 valence electrons. The summed E-state index contributed by atoms with van der Waals surface area (Å²) in [6, 6.07) is 9.45. The Labute approximate surface area is 163 Å². The third kappa shape index (κ3) is 4.82. The molecule has 0 radical (unpaired) electrons. The highest BCUT2D eigenvalue weighted by Gasteiger charge is 2.31. The summed E-state index contributed by atoms with van der Waals surface area (Å²) in [6.07, 6.45) is -4.81. The number of alkyl halides is 3. The maximum absolute atomic E-state index is 12.8. The lowest BCUT2D eigenvalue weighted by atomic mass is 10.1. The van der Waals surface area contributed by atoms with E-state index in [4.69, 9.17) is 0 Å². The zero-order valence-corrected chi connectivity index (χ0v) is 16.4. The summed E-state index contributed by atoms with van der Waals surface area (Å²) < 4.78 is 68.4. The summed E-state index contributed by atoms with van der Waals surface area (Å²) in [6.45, 7) is 3.51. The third-order valence-electron chi connectivity index (χ3n) is 3.73. The SMILES string of the molecule is Cc1nc(-c2ccc(C)c(S(=O)(=O)Nc3ccc(OC(F)(F)F)cc3)c2)cs1. The molecule has 0 fully saturated rings. The lowest BCUT2D eigenvalue weighted by Gasteiger charge is -2.13. The highest BCUT2D eigenvalue weighted by molar-refractivity contribution is 7.92. The van der Waals surface area contributed by atoms with Gasteiger partial charge in [-0.25, -0.2) is 13.4 Å². The average molecular weight is 428 g/mol. The first kappa shape index (κ1) is 20.2. The van der Waals surface area contributed by atoms with Gasteiger partial charge in [0.25, 0.3) is 10.0 Å². The number of thiazole rings is 1. The van der Waals surface area contributed by atoms with Crippen LogP contribution >= 0.6 is 11.3 Å². The fourth-order valence-electron chi connectivity index (χ4n) is 2.48. The molecule has 1 heterocycles. The van der Waals surface area contributed by atoms with Gasteiger partial charge in [-0.1, -0.05) is 12.1 Å². The van der Waals surface area contributed by atoms with Gasteiger partial charge in [-0.05, 0) is 49.7 Å². The number of hydrogen-bond acceptors (Lipinski definition) is 5. The molecular weight excluding hydrogens is 413 g/mol. The van der Waals surface area contributed by atoms with Crippen LogP contribution in [0.1, 0.15) is 10.6 Å². The number of aromatic nitrogens is 1. The van der Waals surface area contributed by atoms with Crippen LogP contribution in [0.4, 0.5) is 18.9 Å². The van der Waals surface area contributed by atoms with Crippen molar-refractivity contribution in [2.45, 2.75) is 25.1 Å². The summed E-state index contributed by atoms with van der Waals surface area (Å²) in [5.74, 6) is -0.437. The predicted octanol–water partition coefficient (Wildman–Crippen LogP) is 5.13. The van der Waals surface area contributed by atoms with E-state index in [1.54, 1.807) is 19.1 Å². The fraction of sp³-hybridized carbons (Fsp3) is 0.167. The number of sulfonamides is 1. The van der Waals surface area contributed by atoms with Crippen LogP contribution in [-0.4, -0.2) is 19.8 Å². The minimum absolute atomic E-state index is 0.0614. The maximum atomic E-state index is 12.8. The minimum atomic E-state index is -4.81. The van der Waals surface area contributed by atoms with Gasteiger partial charge >= 0.3 is 6.36 Å². The van der Waals surface area contributed by atoms with E-state index < -0.39 is 22.1 Å². The number of nitrogens with one attached hydrogen (secondary N) is 1. The van der Waals surface area contributed by atoms with Crippen molar-refractivity contribution in [1.29, 1.82) is 0 Å². The zero-order valence-electron chi connectivity index (χ0n) is 14.7. The lowest BCUT2D eigenvalue weighted by Crippen LogP contribution is -2.17. The van der Waals surface area contributed by atoms with Crippen molar-refractivity contribution >= 4 is 27.0 Å². The van der Waals surface area contributed by atoms with Gasteiger partial charge in [0, 0.05) is 16.6 Å². The second-order valence-corrected chi connectivity index (χ2v) is 8.62. The van der Waals surface area contributed by atoms with Crippen LogP contribution in [0.2, 0.25) is 0 Å². The summed E-state index contributed by atoms with van der Waals surface area (Å²) in [5, 5.41) is 2.70. The van der Waals surface area contributed by atoms with Crippen LogP contribution in [0, 0.1) is 13.8 Å². The number of aryl methyl sites for hydroxylation is 2. The Morgan fingerprint density at radius 1 is 1.07 bits per heavy atom. The molecule has 1 N–H and O–H groups in total. The number of anilines is 1. The van der Waals surface area contributed by atoms with Crippen LogP contribution in [0.3, 0.4) is 0 Å². The van der Waals surface area contributed by atoms with Gasteiger partial charge in [0.15, 0.2) is 0 Å². The Bertz CT molecular complexity index is 1090. The van der Waals surface area contributed by atoms with Crippen molar-refractivity contribution < 1.29 is 26.3 Å². The number of hydrogen-bond donors (Lipinski definition) is 1. The molecular formula is C18H15F3N2O3S2. The van der Waals surface area contributed by atoms with Crippen molar-refractivity contribution in [3.05, 3.63) is 58.4 Å². The molecule has 0 saturated heterocycles. The summed E-state index contributed by atoms with van der Waals surface area (Å²) in [7, 11) is -3.95. The second-order valence-electron chi connectivity index (χ2n) is 5.91. The fourth-order valence-corrected chi connectivity index (χ4v) is 4.43. The monoisotopic (exact) mass is 428 g/mol. The maximum Gasteiger partial charge on any atom is 0.573 e. The molecule has 0 aliphatic rings. The lowest BCUT2D eigenvalue weighted by molar-refractivity contribution is -0.274. The van der Waals surface area contributed by atoms with Gasteiger partial charge in [-0.3, -0.25) is 4.72 Å². The van der Waals surface area contributed by atoms with Crippen molar-refractivity contribution in [2.24, 2.45) is 0 Å². The van der Waals surface area contributed by atoms with Crippen LogP contribution in [0.15, 0.2) is 52.7 Å². The number of rotatable bonds is 5. The normalized spacial score (nSPS) is 12.0. The van der Waals surface area contributed by atoms with Gasteiger partial charge in [-0.15, -0.1) is 24.5 Å². The zero-order chi connectivity index (χ0) is 20.5. The molecule has 1 aromatic heterocycles. The standard InChI is InChI=1S/C18H15F3N2O3S2/c1-11-3-4-13(16-10-27-12(2)22-16)9-17(11)28(24,25)23-14-5-7-15(8-6-14)26-18(19,20)21/h3-10,23H,1-2H3. The quantitative estimate of drug-likeness (QED) is 0.612. The van der Waals surface area contributed by atoms with E-state index in [1.165, 1.54) is 29.5 Å². The summed E-state index contributed by atoms with van der Waals surface area (Å²) in [5.41, 5.74) is 1.97. The molecule has 0 bridgehead atoms. The Morgan fingerprint density at radius 3 is 2.32 bits per heavy atom. The molecule has 0 aliphatic heterocycles. The molecule has 0 unspecified atom stereocenters. The van der Waals surface area contributed by atoms with E-state index in [9.17, 15) is 21.6 Å². The van der Waals surface area contributed by atoms with E-state index >= 15 is 0 Å². The van der Waals surface area contributed by atoms with E-state index in [0.29, 0.717) is 16.8 Å². The molecule has 5 nitrogen and oxygen atoms in total. The smallest absolute Gasteiger partial charge is 0.406 e. The van der Waals surface area contributed by atoms with Crippen LogP contribution in [0.25, 0.3) is 11.3 Å². The van der Waals surface area contributed by atoms with Crippen molar-refractivity contribution in [3.63, 3.8) is 0 Å². The van der Waals surface area contributed by atoms with Crippen LogP contribution in [0.5, 0.6) is 5.75 Å². The number of halogens is 3. The Hall–Kier alpha value is -2.59. The molecule has 10 heteroatoms. The summed E-state index contributed by atoms with van der Waals surface area (Å²) >= 11 is 1.46. The number of nitrogens with zero attached hydrogens (tertiary/aromatic N) is 1. The topological polar surface area (TPSA) is 68.3 Å². The van der Waals surface area contributed by atoms with Crippen molar-refractivity contribution in [1.82, 2.24) is 4.98 Å². The average Bonchev–Trinajstić information content (AvgIpc) is 3.02. The van der Waals surface area contributed by atoms with Gasteiger partial charge in [0.05, 0.1) is 15.6 Å². The third-order valence-corrected chi connectivity index (χ3v) is 6.03. The molecule has 3 rings (SSSR count). The Morgan fingerprint density at radius 2 is 1.75 bits per heavy atom. The summed E-state index contributed by atoms with van der Waals surface area (Å²) in [4.78, 5) is 4.42. The molecule has 0 aliphatic carbocycles. The van der Waals surface area contributed by atoms with Gasteiger partial charge in [0.2, 0.25) is 0 Å². The first-order valence-electron chi connectivity index (χ1n) is 7.95. The second kappa shape index (κ2) is 7.44. The van der Waals surface area contributed by atoms with E-state index in [2.05, 4.69) is 14.4 Å². The predicted molar refractivity (Wildman–Crippen MR) is 101 cm³/mol. The molecule has 0 atom stereocenters. The van der Waals surface area contributed by atoms with E-state index in [0.717, 1.165) is 17.1 Å². The van der Waals surface area contributed by atoms with E-state index in [1.807, 2.05) is 12.3 Å². The molecule has 28 heavy (non-hydrogen) atoms. The van der Waals surface area contributed by atoms with Gasteiger partial charge in [-0.2, -0.15) is 0 Å². The minimum Gasteiger partial charge on any atom is -0.406 e. The van der Waals surface area contributed by atoms with Gasteiger partial charge in [0.1, 0.15) is 5.75 Å². The van der Waals surface area contributed by atoms with Crippen molar-refractivity contribution in [2.75, 3.05) is 4.72 Å². The highest BCUT2D eigenvalue weighted by Crippen LogP contribution is 2.28. The number of benzene rings is 2. The van der Waals surface area contributed by atoms with Gasteiger partial charge < -0.3 is 4.74 Å². The largest absolute Gasteiger partial charge is 0.573 e. The van der Waals surface area contributed by atoms with Crippen LogP contribution in [-0.2, 0) is 10.0 Å². The molecule has 0 saturated carbocycles. The Kier molecular flexibility index (Phi) is 5.35. The van der Waals surface area contributed by atoms with Crippen LogP contribution < -0.4 is 9.46 Å². The highest BCUT2D eigenvalue weighted by atomic mass is 32.2. The first-order valence-corrected chi connectivity index (χ1v) is 10.3. The molecule has 2 aromatic carbocycles. The van der Waals surface area contributed by atoms with E-state index in [-0.39, 0.29) is 10.6 Å². The molecule has 0 spiro atoms. The first-order chi connectivity index (χ1) is 13.0. The Balaban J connectivity index is 1.86. The number of ether oxygens (including phenoxy) is 1. The van der Waals surface area contributed by atoms with Crippen molar-refractivity contribution in [3.8, 4) is 17.0 Å². The molecule has 3 aromatic rings. The molecule has 0 amide bonds.